The summed E-state index contributed by atoms with van der Waals surface area (Å²) in [6.07, 6.45) is 0. The number of carbonyl (C=O) groups is 3. The summed E-state index contributed by atoms with van der Waals surface area (Å²) in [6, 6.07) is 9.18. The number of aromatic carboxylic acids is 1. The minimum atomic E-state index is -1.17. The largest absolute Gasteiger partial charge is 0.478 e. The van der Waals surface area contributed by atoms with Crippen molar-refractivity contribution < 1.29 is 19.5 Å². The zero-order chi connectivity index (χ0) is 17.0. The summed E-state index contributed by atoms with van der Waals surface area (Å²) in [5.41, 5.74) is 0.146. The lowest BCUT2D eigenvalue weighted by Crippen LogP contribution is -2.34. The van der Waals surface area contributed by atoms with E-state index in [2.05, 4.69) is 10.6 Å². The summed E-state index contributed by atoms with van der Waals surface area (Å²) >= 11 is 11.7. The third-order valence-electron chi connectivity index (χ3n) is 2.81. The van der Waals surface area contributed by atoms with Gasteiger partial charge < -0.3 is 10.4 Å². The number of imide groups is 1. The van der Waals surface area contributed by atoms with Gasteiger partial charge in [0.1, 0.15) is 0 Å². The number of carboxylic acid groups (broad SMARTS) is 1. The van der Waals surface area contributed by atoms with Crippen LogP contribution >= 0.6 is 23.2 Å². The molecule has 0 saturated heterocycles. The number of nitrogens with one attached hydrogen (secondary N) is 2. The van der Waals surface area contributed by atoms with Gasteiger partial charge in [-0.1, -0.05) is 35.3 Å². The number of carbonyl (C=O) groups excluding carboxylic acids is 2. The number of anilines is 1. The van der Waals surface area contributed by atoms with Crippen LogP contribution in [0.2, 0.25) is 10.0 Å². The van der Waals surface area contributed by atoms with Crippen molar-refractivity contribution in [1.82, 2.24) is 5.32 Å². The predicted molar refractivity (Wildman–Crippen MR) is 86.3 cm³/mol. The van der Waals surface area contributed by atoms with Crippen LogP contribution in [0.15, 0.2) is 42.5 Å². The Kier molecular flexibility index (Phi) is 5.20. The van der Waals surface area contributed by atoms with E-state index in [-0.39, 0.29) is 26.9 Å². The first-order valence-corrected chi connectivity index (χ1v) is 7.04. The molecule has 3 N–H and O–H groups in total. The fourth-order valence-corrected chi connectivity index (χ4v) is 2.11. The lowest BCUT2D eigenvalue weighted by Gasteiger charge is -2.09. The lowest BCUT2D eigenvalue weighted by molar-refractivity contribution is 0.0696. The Morgan fingerprint density at radius 2 is 1.65 bits per heavy atom. The summed E-state index contributed by atoms with van der Waals surface area (Å²) in [5.74, 6) is -1.86. The molecule has 0 radical (unpaired) electrons. The second-order valence-electron chi connectivity index (χ2n) is 4.39. The number of hydrogen-bond donors (Lipinski definition) is 3. The molecule has 2 rings (SSSR count). The Bertz CT molecular complexity index is 793. The van der Waals surface area contributed by atoms with E-state index in [0.717, 1.165) is 0 Å². The van der Waals surface area contributed by atoms with Crippen LogP contribution in [-0.2, 0) is 0 Å². The summed E-state index contributed by atoms with van der Waals surface area (Å²) < 4.78 is 0. The van der Waals surface area contributed by atoms with Crippen molar-refractivity contribution in [2.45, 2.75) is 0 Å². The molecule has 0 atom stereocenters. The maximum Gasteiger partial charge on any atom is 0.335 e. The second-order valence-corrected chi connectivity index (χ2v) is 5.20. The van der Waals surface area contributed by atoms with E-state index in [0.29, 0.717) is 0 Å². The van der Waals surface area contributed by atoms with Gasteiger partial charge in [0, 0.05) is 0 Å². The van der Waals surface area contributed by atoms with E-state index in [1.54, 1.807) is 12.1 Å². The summed E-state index contributed by atoms with van der Waals surface area (Å²) in [5, 5.41) is 13.6. The molecule has 8 heteroatoms. The third kappa shape index (κ3) is 4.21. The fourth-order valence-electron chi connectivity index (χ4n) is 1.72. The first kappa shape index (κ1) is 16.8. The molecule has 0 unspecified atom stereocenters. The van der Waals surface area contributed by atoms with Gasteiger partial charge >= 0.3 is 12.0 Å². The number of rotatable bonds is 3. The average Bonchev–Trinajstić information content (AvgIpc) is 2.49. The van der Waals surface area contributed by atoms with Crippen molar-refractivity contribution in [3.63, 3.8) is 0 Å². The monoisotopic (exact) mass is 352 g/mol. The number of hydrogen-bond acceptors (Lipinski definition) is 3. The van der Waals surface area contributed by atoms with E-state index >= 15 is 0 Å². The highest BCUT2D eigenvalue weighted by atomic mass is 35.5. The normalized spacial score (nSPS) is 10.0. The van der Waals surface area contributed by atoms with Crippen LogP contribution < -0.4 is 10.6 Å². The highest BCUT2D eigenvalue weighted by Crippen LogP contribution is 2.23. The molecular weight excluding hydrogens is 343 g/mol. The van der Waals surface area contributed by atoms with Crippen LogP contribution in [0.1, 0.15) is 20.7 Å². The number of carboxylic acids is 1. The Balaban J connectivity index is 2.11. The molecule has 0 bridgehead atoms. The molecule has 2 aromatic rings. The highest BCUT2D eigenvalue weighted by molar-refractivity contribution is 6.35. The van der Waals surface area contributed by atoms with Crippen molar-refractivity contribution in [3.05, 3.63) is 63.6 Å². The van der Waals surface area contributed by atoms with E-state index < -0.39 is 17.9 Å². The number of benzene rings is 2. The van der Waals surface area contributed by atoms with Crippen LogP contribution in [0.3, 0.4) is 0 Å². The van der Waals surface area contributed by atoms with E-state index in [1.165, 1.54) is 30.3 Å². The minimum Gasteiger partial charge on any atom is -0.478 e. The maximum atomic E-state index is 11.9. The van der Waals surface area contributed by atoms with Crippen molar-refractivity contribution in [1.29, 1.82) is 0 Å². The van der Waals surface area contributed by atoms with Gasteiger partial charge in [-0.3, -0.25) is 10.1 Å². The summed E-state index contributed by atoms with van der Waals surface area (Å²) in [4.78, 5) is 34.7. The van der Waals surface area contributed by atoms with Crippen molar-refractivity contribution >= 4 is 46.8 Å². The molecule has 118 valence electrons. The molecule has 2 aromatic carbocycles. The average molecular weight is 353 g/mol. The molecule has 0 aromatic heterocycles. The van der Waals surface area contributed by atoms with Crippen molar-refractivity contribution in [2.24, 2.45) is 0 Å². The topological polar surface area (TPSA) is 95.5 Å². The zero-order valence-electron chi connectivity index (χ0n) is 11.5. The predicted octanol–water partition coefficient (Wildman–Crippen LogP) is 3.65. The molecule has 0 aliphatic heterocycles. The Hall–Kier alpha value is -2.57. The number of halogens is 2. The third-order valence-corrected chi connectivity index (χ3v) is 3.47. The standard InChI is InChI=1S/C15H10Cl2N2O4/c16-10-4-2-1-3-9(10)13(20)19-15(23)18-12-7-8(14(21)22)5-6-11(12)17/h1-7H,(H,21,22)(H2,18,19,20,23). The van der Waals surface area contributed by atoms with Crippen LogP contribution in [0.4, 0.5) is 10.5 Å². The molecule has 0 saturated carbocycles. The molecule has 0 aliphatic rings. The van der Waals surface area contributed by atoms with E-state index in [1.807, 2.05) is 0 Å². The first-order valence-electron chi connectivity index (χ1n) is 6.28. The van der Waals surface area contributed by atoms with Gasteiger partial charge in [0.2, 0.25) is 0 Å². The van der Waals surface area contributed by atoms with Crippen molar-refractivity contribution in [3.8, 4) is 0 Å². The van der Waals surface area contributed by atoms with Crippen LogP contribution in [-0.4, -0.2) is 23.0 Å². The second kappa shape index (κ2) is 7.13. The molecule has 6 nitrogen and oxygen atoms in total. The van der Waals surface area contributed by atoms with Gasteiger partial charge in [-0.05, 0) is 30.3 Å². The maximum absolute atomic E-state index is 11.9. The van der Waals surface area contributed by atoms with Crippen LogP contribution in [0.5, 0.6) is 0 Å². The minimum absolute atomic E-state index is 0.0536. The van der Waals surface area contributed by atoms with Gasteiger partial charge in [-0.15, -0.1) is 0 Å². The molecule has 0 aliphatic carbocycles. The molecule has 23 heavy (non-hydrogen) atoms. The molecule has 3 amide bonds. The smallest absolute Gasteiger partial charge is 0.335 e. The SMILES string of the molecule is O=C(NC(=O)c1ccccc1Cl)Nc1cc(C(=O)O)ccc1Cl. The first-order chi connectivity index (χ1) is 10.9. The fraction of sp³-hybridized carbons (Fsp3) is 0. The number of amides is 3. The van der Waals surface area contributed by atoms with Gasteiger partial charge in [-0.25, -0.2) is 9.59 Å². The molecule has 0 fully saturated rings. The van der Waals surface area contributed by atoms with Crippen LogP contribution in [0.25, 0.3) is 0 Å². The summed E-state index contributed by atoms with van der Waals surface area (Å²) in [7, 11) is 0. The van der Waals surface area contributed by atoms with E-state index in [4.69, 9.17) is 28.3 Å². The molecule has 0 spiro atoms. The Morgan fingerprint density at radius 1 is 0.957 bits per heavy atom. The van der Waals surface area contributed by atoms with Gasteiger partial charge in [-0.2, -0.15) is 0 Å². The van der Waals surface area contributed by atoms with Gasteiger partial charge in [0.05, 0.1) is 26.9 Å². The zero-order valence-corrected chi connectivity index (χ0v) is 13.0. The number of urea groups is 1. The molecule has 0 heterocycles. The van der Waals surface area contributed by atoms with Crippen molar-refractivity contribution in [2.75, 3.05) is 5.32 Å². The van der Waals surface area contributed by atoms with Gasteiger partial charge in [0.25, 0.3) is 5.91 Å². The summed E-state index contributed by atoms with van der Waals surface area (Å²) in [6.45, 7) is 0. The highest BCUT2D eigenvalue weighted by Gasteiger charge is 2.15. The van der Waals surface area contributed by atoms with E-state index in [9.17, 15) is 14.4 Å². The van der Waals surface area contributed by atoms with Crippen LogP contribution in [0, 0.1) is 0 Å². The Labute approximate surface area is 141 Å². The Morgan fingerprint density at radius 3 is 2.30 bits per heavy atom. The quantitative estimate of drug-likeness (QED) is 0.785. The molecular formula is C15H10Cl2N2O4. The van der Waals surface area contributed by atoms with Gasteiger partial charge in [0.15, 0.2) is 0 Å². The lowest BCUT2D eigenvalue weighted by atomic mass is 10.2.